The fraction of sp³-hybridized carbons (Fsp3) is 0.806. The normalized spacial score (nSPS) is 13.4. The van der Waals surface area contributed by atoms with Gasteiger partial charge in [-0.25, -0.2) is 0 Å². The molecule has 1 heteroatoms. The van der Waals surface area contributed by atoms with Gasteiger partial charge in [-0.2, -0.15) is 0 Å². The second-order valence-corrected chi connectivity index (χ2v) is 10.6. The Kier molecular flexibility index (Phi) is 16.7. The van der Waals surface area contributed by atoms with E-state index in [1.54, 1.807) is 0 Å². The van der Waals surface area contributed by atoms with Crippen molar-refractivity contribution in [2.24, 2.45) is 0 Å². The van der Waals surface area contributed by atoms with E-state index in [1.165, 1.54) is 132 Å². The van der Waals surface area contributed by atoms with Crippen molar-refractivity contribution in [2.45, 2.75) is 162 Å². The summed E-state index contributed by atoms with van der Waals surface area (Å²) in [6.45, 7) is 11.4. The van der Waals surface area contributed by atoms with Crippen molar-refractivity contribution in [3.63, 3.8) is 0 Å². The van der Waals surface area contributed by atoms with Crippen molar-refractivity contribution in [1.29, 1.82) is 0 Å². The van der Waals surface area contributed by atoms with Crippen LogP contribution in [0, 0.1) is 6.92 Å². The molecule has 0 aliphatic carbocycles. The molecule has 1 aromatic carbocycles. The van der Waals surface area contributed by atoms with E-state index in [2.05, 4.69) is 46.8 Å². The van der Waals surface area contributed by atoms with Crippen molar-refractivity contribution >= 4 is 0 Å². The molecule has 2 unspecified atom stereocenters. The van der Waals surface area contributed by atoms with Gasteiger partial charge < -0.3 is 5.11 Å². The maximum atomic E-state index is 11.1. The van der Waals surface area contributed by atoms with Gasteiger partial charge in [0.1, 0.15) is 5.75 Å². The van der Waals surface area contributed by atoms with E-state index in [-0.39, 0.29) is 0 Å². The zero-order chi connectivity index (χ0) is 23.6. The van der Waals surface area contributed by atoms with Crippen LogP contribution in [0.3, 0.4) is 0 Å². The van der Waals surface area contributed by atoms with Crippen LogP contribution in [0.1, 0.15) is 172 Å². The van der Waals surface area contributed by atoms with Gasteiger partial charge in [-0.15, -0.1) is 0 Å². The van der Waals surface area contributed by atoms with E-state index < -0.39 is 0 Å². The van der Waals surface area contributed by atoms with E-state index in [1.807, 2.05) is 0 Å². The molecule has 2 atom stereocenters. The van der Waals surface area contributed by atoms with E-state index in [0.29, 0.717) is 17.6 Å². The Balaban J connectivity index is 2.41. The fourth-order valence-electron chi connectivity index (χ4n) is 5.07. The third kappa shape index (κ3) is 12.3. The van der Waals surface area contributed by atoms with Gasteiger partial charge in [0, 0.05) is 0 Å². The monoisotopic (exact) mass is 444 g/mol. The van der Waals surface area contributed by atoms with E-state index >= 15 is 0 Å². The molecule has 0 fully saturated rings. The highest BCUT2D eigenvalue weighted by Crippen LogP contribution is 2.38. The predicted molar refractivity (Wildman–Crippen MR) is 144 cm³/mol. The van der Waals surface area contributed by atoms with Gasteiger partial charge in [-0.05, 0) is 42.7 Å². The standard InChI is InChI=1S/C31H56O/c1-6-8-10-12-14-16-18-20-22-27(4)29-24-26(3)25-30(31(29)32)28(5)23-21-19-17-15-13-11-9-7-2/h24-25,27-28,32H,6-23H2,1-5H3. The molecular weight excluding hydrogens is 388 g/mol. The molecule has 1 rings (SSSR count). The van der Waals surface area contributed by atoms with Gasteiger partial charge in [0.2, 0.25) is 0 Å². The van der Waals surface area contributed by atoms with Crippen molar-refractivity contribution < 1.29 is 5.11 Å². The number of benzene rings is 1. The highest BCUT2D eigenvalue weighted by molar-refractivity contribution is 5.46. The number of phenolic OH excluding ortho intramolecular Hbond substituents is 1. The molecule has 0 aromatic heterocycles. The number of aryl methyl sites for hydroxylation is 1. The minimum atomic E-state index is 0.448. The van der Waals surface area contributed by atoms with Crippen LogP contribution in [0.15, 0.2) is 12.1 Å². The first-order chi connectivity index (χ1) is 15.5. The summed E-state index contributed by atoms with van der Waals surface area (Å²) < 4.78 is 0. The summed E-state index contributed by atoms with van der Waals surface area (Å²) >= 11 is 0. The van der Waals surface area contributed by atoms with Gasteiger partial charge >= 0.3 is 0 Å². The molecule has 0 bridgehead atoms. The topological polar surface area (TPSA) is 20.2 Å². The molecule has 32 heavy (non-hydrogen) atoms. The van der Waals surface area contributed by atoms with Crippen LogP contribution < -0.4 is 0 Å². The molecule has 0 spiro atoms. The fourth-order valence-corrected chi connectivity index (χ4v) is 5.07. The zero-order valence-corrected chi connectivity index (χ0v) is 22.5. The van der Waals surface area contributed by atoms with Crippen molar-refractivity contribution in [1.82, 2.24) is 0 Å². The third-order valence-electron chi connectivity index (χ3n) is 7.36. The van der Waals surface area contributed by atoms with Gasteiger partial charge in [0.05, 0.1) is 0 Å². The smallest absolute Gasteiger partial charge is 0.122 e. The number of hydrogen-bond acceptors (Lipinski definition) is 1. The Morgan fingerprint density at radius 3 is 1.22 bits per heavy atom. The quantitative estimate of drug-likeness (QED) is 0.198. The highest BCUT2D eigenvalue weighted by atomic mass is 16.3. The van der Waals surface area contributed by atoms with Crippen LogP contribution in [0.2, 0.25) is 0 Å². The Hall–Kier alpha value is -0.980. The van der Waals surface area contributed by atoms with Crippen LogP contribution in [0.4, 0.5) is 0 Å². The van der Waals surface area contributed by atoms with E-state index in [0.717, 1.165) is 0 Å². The second kappa shape index (κ2) is 18.4. The van der Waals surface area contributed by atoms with Crippen molar-refractivity contribution in [3.8, 4) is 5.75 Å². The van der Waals surface area contributed by atoms with Crippen molar-refractivity contribution in [3.05, 3.63) is 28.8 Å². The first kappa shape index (κ1) is 29.1. The van der Waals surface area contributed by atoms with Gasteiger partial charge in [0.25, 0.3) is 0 Å². The lowest BCUT2D eigenvalue weighted by Crippen LogP contribution is -2.02. The first-order valence-corrected chi connectivity index (χ1v) is 14.3. The second-order valence-electron chi connectivity index (χ2n) is 10.6. The van der Waals surface area contributed by atoms with Crippen molar-refractivity contribution in [2.75, 3.05) is 0 Å². The molecule has 1 aromatic rings. The Bertz CT molecular complexity index is 529. The molecule has 1 nitrogen and oxygen atoms in total. The molecule has 0 saturated carbocycles. The third-order valence-corrected chi connectivity index (χ3v) is 7.36. The predicted octanol–water partition coefficient (Wildman–Crippen LogP) is 11.0. The van der Waals surface area contributed by atoms with Gasteiger partial charge in [-0.1, -0.05) is 148 Å². The Labute approximate surface area is 201 Å². The minimum absolute atomic E-state index is 0.448. The van der Waals surface area contributed by atoms with Crippen LogP contribution in [-0.2, 0) is 0 Å². The van der Waals surface area contributed by atoms with Crippen LogP contribution in [-0.4, -0.2) is 5.11 Å². The average molecular weight is 445 g/mol. The summed E-state index contributed by atoms with van der Waals surface area (Å²) in [7, 11) is 0. The summed E-state index contributed by atoms with van der Waals surface area (Å²) in [6, 6.07) is 4.47. The summed E-state index contributed by atoms with van der Waals surface area (Å²) in [6.07, 6.45) is 24.2. The largest absolute Gasteiger partial charge is 0.507 e. The maximum absolute atomic E-state index is 11.1. The molecule has 0 heterocycles. The summed E-state index contributed by atoms with van der Waals surface area (Å²) in [5.41, 5.74) is 3.68. The first-order valence-electron chi connectivity index (χ1n) is 14.3. The average Bonchev–Trinajstić information content (AvgIpc) is 2.78. The molecule has 0 aliphatic rings. The molecule has 0 saturated heterocycles. The lowest BCUT2D eigenvalue weighted by molar-refractivity contribution is 0.441. The van der Waals surface area contributed by atoms with E-state index in [9.17, 15) is 5.11 Å². The SMILES string of the molecule is CCCCCCCCCCC(C)c1cc(C)cc(C(C)CCCCCCCCCC)c1O. The van der Waals surface area contributed by atoms with Crippen LogP contribution in [0.25, 0.3) is 0 Å². The highest BCUT2D eigenvalue weighted by Gasteiger charge is 2.18. The zero-order valence-electron chi connectivity index (χ0n) is 22.5. The molecule has 0 aliphatic heterocycles. The van der Waals surface area contributed by atoms with E-state index in [4.69, 9.17) is 0 Å². The molecule has 1 N–H and O–H groups in total. The Morgan fingerprint density at radius 2 is 0.875 bits per heavy atom. The number of aromatic hydroxyl groups is 1. The lowest BCUT2D eigenvalue weighted by atomic mass is 9.86. The molecule has 186 valence electrons. The minimum Gasteiger partial charge on any atom is -0.507 e. The summed E-state index contributed by atoms with van der Waals surface area (Å²) in [5, 5.41) is 11.1. The van der Waals surface area contributed by atoms with Gasteiger partial charge in [0.15, 0.2) is 0 Å². The lowest BCUT2D eigenvalue weighted by Gasteiger charge is -2.21. The van der Waals surface area contributed by atoms with Gasteiger partial charge in [-0.3, -0.25) is 0 Å². The van der Waals surface area contributed by atoms with Crippen LogP contribution >= 0.6 is 0 Å². The van der Waals surface area contributed by atoms with Crippen LogP contribution in [0.5, 0.6) is 5.75 Å². The number of rotatable bonds is 20. The maximum Gasteiger partial charge on any atom is 0.122 e. The molecule has 0 amide bonds. The number of phenols is 1. The number of hydrogen-bond donors (Lipinski definition) is 1. The summed E-state index contributed by atoms with van der Waals surface area (Å²) in [4.78, 5) is 0. The Morgan fingerprint density at radius 1 is 0.562 bits per heavy atom. The molecular formula is C31H56O. The summed E-state index contributed by atoms with van der Waals surface area (Å²) in [5.74, 6) is 1.49. The molecule has 0 radical (unpaired) electrons. The number of unbranched alkanes of at least 4 members (excludes halogenated alkanes) is 14.